The molecule has 4 aromatic heterocycles. The molecule has 9 aromatic rings. The average molecular weight is 566 g/mol. The Kier molecular flexibility index (Phi) is 5.14. The molecular formula is C39H27N5. The molecule has 0 amide bonds. The predicted octanol–water partition coefficient (Wildman–Crippen LogP) is 9.61. The van der Waals surface area contributed by atoms with Crippen molar-refractivity contribution in [3.63, 3.8) is 0 Å². The van der Waals surface area contributed by atoms with Gasteiger partial charge in [-0.15, -0.1) is 0 Å². The zero-order chi connectivity index (χ0) is 29.4. The number of rotatable bonds is 5. The van der Waals surface area contributed by atoms with Gasteiger partial charge in [-0.3, -0.25) is 13.5 Å². The second-order valence-corrected chi connectivity index (χ2v) is 11.0. The molecule has 5 aromatic carbocycles. The van der Waals surface area contributed by atoms with Gasteiger partial charge >= 0.3 is 0 Å². The van der Waals surface area contributed by atoms with Crippen LogP contribution in [0.3, 0.4) is 0 Å². The van der Waals surface area contributed by atoms with Gasteiger partial charge in [0.1, 0.15) is 5.52 Å². The largest absolute Gasteiger partial charge is 0.309 e. The van der Waals surface area contributed by atoms with Crippen LogP contribution in [0.25, 0.3) is 78.9 Å². The maximum Gasteiger partial charge on any atom is 0.222 e. The number of para-hydroxylation sites is 4. The number of fused-ring (bicyclic) bond motifs is 8. The van der Waals surface area contributed by atoms with Gasteiger partial charge in [0.05, 0.1) is 33.6 Å². The molecule has 5 nitrogen and oxygen atoms in total. The fourth-order valence-electron chi connectivity index (χ4n) is 6.93. The normalized spacial score (nSPS) is 11.8. The molecule has 0 spiro atoms. The van der Waals surface area contributed by atoms with Gasteiger partial charge in [-0.05, 0) is 60.7 Å². The van der Waals surface area contributed by atoms with Crippen molar-refractivity contribution in [3.8, 4) is 17.1 Å². The highest BCUT2D eigenvalue weighted by Crippen LogP contribution is 2.38. The Balaban J connectivity index is 1.41. The highest BCUT2D eigenvalue weighted by Gasteiger charge is 2.25. The summed E-state index contributed by atoms with van der Waals surface area (Å²) in [6, 6.07) is 44.8. The van der Waals surface area contributed by atoms with Crippen LogP contribution in [0.4, 0.5) is 0 Å². The lowest BCUT2D eigenvalue weighted by Gasteiger charge is -2.11. The summed E-state index contributed by atoms with van der Waals surface area (Å²) in [6.45, 7) is 8.48. The number of benzene rings is 5. The van der Waals surface area contributed by atoms with Crippen molar-refractivity contribution in [1.29, 1.82) is 0 Å². The SMILES string of the molecule is C=Cc1c(C=C)n2c3c4ccccc4n(-c4ccccc4)c3nc2n1-c1ccc2c3ccccc3n(-c3ccccc3)c2c1. The Morgan fingerprint density at radius 2 is 1.05 bits per heavy atom. The maximum atomic E-state index is 5.37. The second-order valence-electron chi connectivity index (χ2n) is 11.0. The molecule has 5 heteroatoms. The van der Waals surface area contributed by atoms with Gasteiger partial charge in [0.25, 0.3) is 0 Å². The lowest BCUT2D eigenvalue weighted by Crippen LogP contribution is -2.00. The van der Waals surface area contributed by atoms with Crippen LogP contribution in [-0.4, -0.2) is 23.1 Å². The molecule has 0 bridgehead atoms. The summed E-state index contributed by atoms with van der Waals surface area (Å²) in [6.07, 6.45) is 3.82. The van der Waals surface area contributed by atoms with Crippen molar-refractivity contribution in [1.82, 2.24) is 23.1 Å². The average Bonchev–Trinajstić information content (AvgIpc) is 3.79. The molecule has 0 aliphatic carbocycles. The molecule has 4 heterocycles. The molecule has 0 atom stereocenters. The summed E-state index contributed by atoms with van der Waals surface area (Å²) in [5, 5.41) is 3.56. The van der Waals surface area contributed by atoms with E-state index in [0.717, 1.165) is 61.8 Å². The standard InChI is InChI=1S/C39H27N5/c1-3-32-33(4-2)44-37-31-20-12-14-22-35(31)42(27-17-9-6-10-18-27)38(37)40-39(44)43(32)28-23-24-30-29-19-11-13-21-34(29)41(36(30)25-28)26-15-7-5-8-16-26/h3-25H,1-2H2. The Labute approximate surface area is 253 Å². The molecule has 9 rings (SSSR count). The van der Waals surface area contributed by atoms with Crippen LogP contribution in [0.5, 0.6) is 0 Å². The van der Waals surface area contributed by atoms with Gasteiger partial charge in [-0.25, -0.2) is 0 Å². The minimum Gasteiger partial charge on any atom is -0.309 e. The highest BCUT2D eigenvalue weighted by molar-refractivity contribution is 6.10. The van der Waals surface area contributed by atoms with Gasteiger partial charge in [-0.2, -0.15) is 4.98 Å². The van der Waals surface area contributed by atoms with Crippen LogP contribution in [0.15, 0.2) is 141 Å². The van der Waals surface area contributed by atoms with Crippen molar-refractivity contribution in [3.05, 3.63) is 152 Å². The quantitative estimate of drug-likeness (QED) is 0.204. The maximum absolute atomic E-state index is 5.37. The van der Waals surface area contributed by atoms with Crippen LogP contribution in [-0.2, 0) is 0 Å². The predicted molar refractivity (Wildman–Crippen MR) is 183 cm³/mol. The van der Waals surface area contributed by atoms with Crippen molar-refractivity contribution < 1.29 is 0 Å². The third-order valence-electron chi connectivity index (χ3n) is 8.73. The smallest absolute Gasteiger partial charge is 0.222 e. The molecule has 0 aliphatic heterocycles. The minimum absolute atomic E-state index is 0.817. The van der Waals surface area contributed by atoms with E-state index in [-0.39, 0.29) is 0 Å². The molecule has 208 valence electrons. The monoisotopic (exact) mass is 565 g/mol. The van der Waals surface area contributed by atoms with Gasteiger partial charge in [0.15, 0.2) is 5.65 Å². The molecule has 0 saturated carbocycles. The highest BCUT2D eigenvalue weighted by atomic mass is 15.3. The Bertz CT molecular complexity index is 2570. The summed E-state index contributed by atoms with van der Waals surface area (Å²) in [4.78, 5) is 5.37. The van der Waals surface area contributed by atoms with Crippen LogP contribution in [0.1, 0.15) is 11.4 Å². The van der Waals surface area contributed by atoms with E-state index in [1.165, 1.54) is 16.3 Å². The van der Waals surface area contributed by atoms with Crippen molar-refractivity contribution >= 4 is 61.8 Å². The van der Waals surface area contributed by atoms with Crippen molar-refractivity contribution in [2.45, 2.75) is 0 Å². The van der Waals surface area contributed by atoms with Crippen LogP contribution in [0.2, 0.25) is 0 Å². The summed E-state index contributed by atoms with van der Waals surface area (Å²) in [7, 11) is 0. The van der Waals surface area contributed by atoms with Crippen LogP contribution in [0, 0.1) is 0 Å². The fraction of sp³-hybridized carbons (Fsp3) is 0. The topological polar surface area (TPSA) is 32.1 Å². The van der Waals surface area contributed by atoms with Gasteiger partial charge < -0.3 is 4.57 Å². The zero-order valence-electron chi connectivity index (χ0n) is 23.9. The van der Waals surface area contributed by atoms with Gasteiger partial charge in [-0.1, -0.05) is 92.0 Å². The molecule has 0 N–H and O–H groups in total. The molecule has 0 saturated heterocycles. The Morgan fingerprint density at radius 3 is 1.73 bits per heavy atom. The van der Waals surface area contributed by atoms with Crippen molar-refractivity contribution in [2.75, 3.05) is 0 Å². The van der Waals surface area contributed by atoms with E-state index in [0.29, 0.717) is 0 Å². The first-order chi connectivity index (χ1) is 21.8. The molecular weight excluding hydrogens is 538 g/mol. The summed E-state index contributed by atoms with van der Waals surface area (Å²) >= 11 is 0. The van der Waals surface area contributed by atoms with E-state index in [2.05, 4.69) is 153 Å². The number of hydrogen-bond donors (Lipinski definition) is 0. The zero-order valence-corrected chi connectivity index (χ0v) is 23.9. The van der Waals surface area contributed by atoms with E-state index in [9.17, 15) is 0 Å². The summed E-state index contributed by atoms with van der Waals surface area (Å²) < 4.78 is 9.04. The Hall–Kier alpha value is -6.07. The van der Waals surface area contributed by atoms with Gasteiger partial charge in [0.2, 0.25) is 5.78 Å². The molecule has 0 unspecified atom stereocenters. The van der Waals surface area contributed by atoms with E-state index < -0.39 is 0 Å². The van der Waals surface area contributed by atoms with E-state index >= 15 is 0 Å². The molecule has 0 aliphatic rings. The lowest BCUT2D eigenvalue weighted by atomic mass is 10.1. The first-order valence-corrected chi connectivity index (χ1v) is 14.7. The first kappa shape index (κ1) is 24.5. The third kappa shape index (κ3) is 3.21. The summed E-state index contributed by atoms with van der Waals surface area (Å²) in [5.74, 6) is 0.817. The van der Waals surface area contributed by atoms with E-state index in [4.69, 9.17) is 4.98 Å². The lowest BCUT2D eigenvalue weighted by molar-refractivity contribution is 1.06. The van der Waals surface area contributed by atoms with Crippen LogP contribution < -0.4 is 0 Å². The minimum atomic E-state index is 0.817. The number of nitrogens with zero attached hydrogens (tertiary/aromatic N) is 5. The fourth-order valence-corrected chi connectivity index (χ4v) is 6.93. The van der Waals surface area contributed by atoms with Gasteiger partial charge in [0, 0.05) is 27.5 Å². The first-order valence-electron chi connectivity index (χ1n) is 14.7. The molecule has 0 fully saturated rings. The third-order valence-corrected chi connectivity index (χ3v) is 8.73. The number of aromatic nitrogens is 5. The number of imidazole rings is 2. The van der Waals surface area contributed by atoms with Crippen LogP contribution >= 0.6 is 0 Å². The van der Waals surface area contributed by atoms with E-state index in [1.54, 1.807) is 0 Å². The summed E-state index contributed by atoms with van der Waals surface area (Å²) in [5.41, 5.74) is 10.5. The second kappa shape index (κ2) is 9.21. The molecule has 44 heavy (non-hydrogen) atoms. The van der Waals surface area contributed by atoms with E-state index in [1.807, 2.05) is 18.2 Å². The number of hydrogen-bond acceptors (Lipinski definition) is 1. The Morgan fingerprint density at radius 1 is 0.477 bits per heavy atom. The van der Waals surface area contributed by atoms with Crippen molar-refractivity contribution in [2.24, 2.45) is 0 Å². The molecule has 0 radical (unpaired) electrons.